The molecular formula is C39H34IrN2OSi-2. The SMILES string of the molecule is C[Si](C)(C)c1ccc(-c2[c-]cccc2)nc1.[2H]c1c([2H])c([2H])c(-c2ccc3c(c2)oc2c(-c4cc(C([2H])([2H])[2H])c(C([2H])([2H])[2H])cn4)[c-]ccc23)c([2H])c1[2H].[Ir]. The fraction of sp³-hybridized carbons (Fsp3) is 0.128. The van der Waals surface area contributed by atoms with Crippen LogP contribution in [-0.4, -0.2) is 18.0 Å². The van der Waals surface area contributed by atoms with Crippen molar-refractivity contribution in [3.8, 4) is 33.6 Å². The summed E-state index contributed by atoms with van der Waals surface area (Å²) in [6.07, 6.45) is 3.05. The molecule has 0 N–H and O–H groups in total. The number of aryl methyl sites for hydroxylation is 2. The van der Waals surface area contributed by atoms with Gasteiger partial charge in [0, 0.05) is 46.1 Å². The Balaban J connectivity index is 0.000000286. The number of furan rings is 1. The van der Waals surface area contributed by atoms with E-state index >= 15 is 0 Å². The van der Waals surface area contributed by atoms with E-state index in [9.17, 15) is 0 Å². The fourth-order valence-corrected chi connectivity index (χ4v) is 5.66. The first kappa shape index (κ1) is 20.0. The first-order valence-corrected chi connectivity index (χ1v) is 17.2. The number of hydrogen-bond donors (Lipinski definition) is 0. The summed E-state index contributed by atoms with van der Waals surface area (Å²) < 4.78 is 93.0. The average molecular weight is 778 g/mol. The van der Waals surface area contributed by atoms with Gasteiger partial charge in [-0.3, -0.25) is 0 Å². The van der Waals surface area contributed by atoms with Crippen LogP contribution in [0.4, 0.5) is 0 Å². The van der Waals surface area contributed by atoms with Gasteiger partial charge in [-0.2, -0.15) is 0 Å². The third kappa shape index (κ3) is 6.66. The monoisotopic (exact) mass is 778 g/mol. The van der Waals surface area contributed by atoms with Crippen molar-refractivity contribution in [3.63, 3.8) is 0 Å². The Morgan fingerprint density at radius 3 is 2.27 bits per heavy atom. The summed E-state index contributed by atoms with van der Waals surface area (Å²) in [5.41, 5.74) is 2.94. The molecule has 0 spiro atoms. The van der Waals surface area contributed by atoms with Gasteiger partial charge in [-0.1, -0.05) is 96.7 Å². The normalized spacial score (nSPS) is 15.3. The first-order valence-electron chi connectivity index (χ1n) is 19.2. The van der Waals surface area contributed by atoms with Gasteiger partial charge < -0.3 is 14.4 Å². The van der Waals surface area contributed by atoms with Crippen LogP contribution in [0.15, 0.2) is 120 Å². The second kappa shape index (κ2) is 13.2. The summed E-state index contributed by atoms with van der Waals surface area (Å²) in [5, 5.41) is 2.71. The van der Waals surface area contributed by atoms with Gasteiger partial charge in [0.25, 0.3) is 0 Å². The van der Waals surface area contributed by atoms with Gasteiger partial charge >= 0.3 is 0 Å². The number of fused-ring (bicyclic) bond motifs is 3. The van der Waals surface area contributed by atoms with E-state index < -0.39 is 39.9 Å². The molecule has 4 aromatic carbocycles. The van der Waals surface area contributed by atoms with Crippen molar-refractivity contribution in [3.05, 3.63) is 139 Å². The van der Waals surface area contributed by atoms with E-state index in [1.165, 1.54) is 11.3 Å². The van der Waals surface area contributed by atoms with Crippen molar-refractivity contribution < 1.29 is 39.6 Å². The quantitative estimate of drug-likeness (QED) is 0.132. The van der Waals surface area contributed by atoms with Crippen LogP contribution in [0.5, 0.6) is 0 Å². The Hall–Kier alpha value is -4.15. The Morgan fingerprint density at radius 2 is 1.57 bits per heavy atom. The molecule has 0 saturated carbocycles. The number of rotatable bonds is 4. The molecule has 0 aliphatic heterocycles. The number of hydrogen-bond acceptors (Lipinski definition) is 3. The molecule has 0 aliphatic rings. The Morgan fingerprint density at radius 1 is 0.750 bits per heavy atom. The first-order chi connectivity index (χ1) is 25.3. The summed E-state index contributed by atoms with van der Waals surface area (Å²) in [5.74, 6) is 0. The molecule has 0 bridgehead atoms. The van der Waals surface area contributed by atoms with Gasteiger partial charge in [-0.25, -0.2) is 0 Å². The van der Waals surface area contributed by atoms with Gasteiger partial charge in [0.1, 0.15) is 5.58 Å². The summed E-state index contributed by atoms with van der Waals surface area (Å²) in [4.78, 5) is 8.73. The molecule has 0 unspecified atom stereocenters. The predicted octanol–water partition coefficient (Wildman–Crippen LogP) is 9.82. The van der Waals surface area contributed by atoms with Crippen molar-refractivity contribution in [2.45, 2.75) is 33.3 Å². The van der Waals surface area contributed by atoms with E-state index in [2.05, 4.69) is 53.9 Å². The van der Waals surface area contributed by atoms with Crippen LogP contribution in [0.2, 0.25) is 19.6 Å². The third-order valence-electron chi connectivity index (χ3n) is 7.00. The van der Waals surface area contributed by atoms with E-state index in [1.54, 1.807) is 30.3 Å². The molecule has 0 atom stereocenters. The molecule has 0 saturated heterocycles. The van der Waals surface area contributed by atoms with Gasteiger partial charge in [-0.15, -0.1) is 54.1 Å². The van der Waals surface area contributed by atoms with Crippen molar-refractivity contribution in [1.29, 1.82) is 0 Å². The van der Waals surface area contributed by atoms with Crippen molar-refractivity contribution in [2.24, 2.45) is 0 Å². The molecule has 5 heteroatoms. The molecular weight excluding hydrogens is 733 g/mol. The molecule has 0 amide bonds. The molecule has 0 aliphatic carbocycles. The van der Waals surface area contributed by atoms with E-state index in [4.69, 9.17) is 19.5 Å². The van der Waals surface area contributed by atoms with E-state index in [0.717, 1.165) is 17.5 Å². The zero-order chi connectivity index (χ0) is 39.3. The summed E-state index contributed by atoms with van der Waals surface area (Å²) in [6, 6.07) is 25.9. The molecule has 3 aromatic heterocycles. The standard InChI is InChI=1S/C25H18NO.C14H16NSi.Ir/c1-16-13-23(26-15-17(16)2)22-10-6-9-21-20-12-11-19(14-24(20)27-25(21)22)18-7-4-3-5-8-18;1-16(2,3)13-9-10-14(15-11-13)12-7-5-4-6-8-12;/h3-9,11-15H,1-2H3;4-7,9-11H,1-3H3;/q2*-1;/i1D3,2D3,3D,4D,5D,7D,8D;;. The molecule has 7 aromatic rings. The van der Waals surface area contributed by atoms with Crippen molar-refractivity contribution in [2.75, 3.05) is 0 Å². The molecule has 3 nitrogen and oxygen atoms in total. The predicted molar refractivity (Wildman–Crippen MR) is 182 cm³/mol. The molecule has 221 valence electrons. The zero-order valence-electron chi connectivity index (χ0n) is 35.2. The van der Waals surface area contributed by atoms with Crippen LogP contribution in [0.25, 0.3) is 55.6 Å². The van der Waals surface area contributed by atoms with Crippen molar-refractivity contribution >= 4 is 35.2 Å². The van der Waals surface area contributed by atoms with E-state index in [0.29, 0.717) is 33.1 Å². The minimum atomic E-state index is -2.69. The maximum Gasteiger partial charge on any atom is 0.121 e. The molecule has 7 rings (SSSR count). The average Bonchev–Trinajstić information content (AvgIpc) is 3.51. The van der Waals surface area contributed by atoms with Gasteiger partial charge in [0.15, 0.2) is 0 Å². The maximum atomic E-state index is 8.26. The molecule has 3 heterocycles. The smallest absolute Gasteiger partial charge is 0.121 e. The Kier molecular flexibility index (Phi) is 6.01. The van der Waals surface area contributed by atoms with Crippen LogP contribution in [-0.2, 0) is 20.1 Å². The minimum absolute atomic E-state index is 0. The molecule has 44 heavy (non-hydrogen) atoms. The van der Waals surface area contributed by atoms with E-state index in [1.807, 2.05) is 30.5 Å². The second-order valence-corrected chi connectivity index (χ2v) is 16.1. The summed E-state index contributed by atoms with van der Waals surface area (Å²) >= 11 is 0. The molecule has 0 fully saturated rings. The van der Waals surface area contributed by atoms with Crippen LogP contribution >= 0.6 is 0 Å². The van der Waals surface area contributed by atoms with Crippen LogP contribution in [0.1, 0.15) is 26.2 Å². The van der Waals surface area contributed by atoms with Crippen LogP contribution in [0, 0.1) is 25.8 Å². The Bertz CT molecular complexity index is 2480. The van der Waals surface area contributed by atoms with Gasteiger partial charge in [0.05, 0.1) is 20.5 Å². The second-order valence-electron chi connectivity index (χ2n) is 11.0. The topological polar surface area (TPSA) is 38.9 Å². The molecule has 1 radical (unpaired) electrons. The van der Waals surface area contributed by atoms with E-state index in [-0.39, 0.29) is 54.6 Å². The Labute approximate surface area is 289 Å². The maximum absolute atomic E-state index is 8.26. The summed E-state index contributed by atoms with van der Waals surface area (Å²) in [7, 11) is -1.23. The summed E-state index contributed by atoms with van der Waals surface area (Å²) in [6.45, 7) is 1.64. The number of pyridine rings is 2. The number of aromatic nitrogens is 2. The van der Waals surface area contributed by atoms with Crippen LogP contribution in [0.3, 0.4) is 0 Å². The fourth-order valence-electron chi connectivity index (χ4n) is 4.62. The van der Waals surface area contributed by atoms with Gasteiger partial charge in [0.2, 0.25) is 0 Å². The van der Waals surface area contributed by atoms with Crippen LogP contribution < -0.4 is 5.19 Å². The number of benzene rings is 4. The zero-order valence-corrected chi connectivity index (χ0v) is 27.6. The largest absolute Gasteiger partial charge is 0.501 e. The van der Waals surface area contributed by atoms with Gasteiger partial charge in [-0.05, 0) is 53.0 Å². The number of nitrogens with zero attached hydrogens (tertiary/aromatic N) is 2. The minimum Gasteiger partial charge on any atom is -0.501 e. The third-order valence-corrected chi connectivity index (χ3v) is 9.02. The van der Waals surface area contributed by atoms with Crippen molar-refractivity contribution in [1.82, 2.24) is 9.97 Å².